The first-order valence-corrected chi connectivity index (χ1v) is 6.34. The van der Waals surface area contributed by atoms with Gasteiger partial charge >= 0.3 is 6.09 Å². The Balaban J connectivity index is 2.33. The van der Waals surface area contributed by atoms with Gasteiger partial charge in [-0.15, -0.1) is 0 Å². The Hall–Kier alpha value is -2.02. The number of nitriles is 1. The van der Waals surface area contributed by atoms with E-state index >= 15 is 0 Å². The second-order valence-electron chi connectivity index (χ2n) is 5.82. The Kier molecular flexibility index (Phi) is 3.23. The monoisotopic (exact) mass is 258 g/mol. The SMILES string of the molecule is C[C@H]1[C@H](c2cccc(C#N)c2)OC(=O)N1C(C)(C)C. The van der Waals surface area contributed by atoms with Crippen molar-refractivity contribution in [2.24, 2.45) is 0 Å². The zero-order valence-corrected chi connectivity index (χ0v) is 11.7. The van der Waals surface area contributed by atoms with Gasteiger partial charge in [0.05, 0.1) is 17.7 Å². The van der Waals surface area contributed by atoms with Crippen LogP contribution < -0.4 is 0 Å². The molecular formula is C15H18N2O2. The number of benzene rings is 1. The maximum absolute atomic E-state index is 12.0. The second kappa shape index (κ2) is 4.58. The summed E-state index contributed by atoms with van der Waals surface area (Å²) in [7, 11) is 0. The van der Waals surface area contributed by atoms with Crippen LogP contribution in [-0.4, -0.2) is 22.6 Å². The molecule has 1 aliphatic heterocycles. The van der Waals surface area contributed by atoms with Crippen LogP contribution in [0.5, 0.6) is 0 Å². The third-order valence-electron chi connectivity index (χ3n) is 3.34. The summed E-state index contributed by atoms with van der Waals surface area (Å²) in [5.41, 5.74) is 1.17. The van der Waals surface area contributed by atoms with Gasteiger partial charge in [0.25, 0.3) is 0 Å². The van der Waals surface area contributed by atoms with E-state index in [1.807, 2.05) is 39.8 Å². The van der Waals surface area contributed by atoms with Crippen molar-refractivity contribution in [3.63, 3.8) is 0 Å². The lowest BCUT2D eigenvalue weighted by atomic mass is 9.98. The molecule has 0 saturated carbocycles. The highest BCUT2D eigenvalue weighted by Crippen LogP contribution is 2.36. The Morgan fingerprint density at radius 3 is 2.58 bits per heavy atom. The van der Waals surface area contributed by atoms with Crippen LogP contribution in [0.15, 0.2) is 24.3 Å². The summed E-state index contributed by atoms with van der Waals surface area (Å²) in [6, 6.07) is 9.27. The maximum Gasteiger partial charge on any atom is 0.411 e. The number of carbonyl (C=O) groups excluding carboxylic acids is 1. The van der Waals surface area contributed by atoms with Gasteiger partial charge < -0.3 is 4.74 Å². The molecule has 0 bridgehead atoms. The lowest BCUT2D eigenvalue weighted by molar-refractivity contribution is 0.119. The van der Waals surface area contributed by atoms with Gasteiger partial charge in [-0.25, -0.2) is 4.79 Å². The van der Waals surface area contributed by atoms with Crippen LogP contribution in [0.4, 0.5) is 4.79 Å². The second-order valence-corrected chi connectivity index (χ2v) is 5.82. The molecule has 1 saturated heterocycles. The van der Waals surface area contributed by atoms with Gasteiger partial charge in [0.15, 0.2) is 0 Å². The van der Waals surface area contributed by atoms with E-state index < -0.39 is 0 Å². The van der Waals surface area contributed by atoms with E-state index in [1.54, 1.807) is 17.0 Å². The van der Waals surface area contributed by atoms with Crippen molar-refractivity contribution in [2.45, 2.75) is 45.4 Å². The highest BCUT2D eigenvalue weighted by molar-refractivity contribution is 5.72. The molecule has 1 aromatic rings. The van der Waals surface area contributed by atoms with Crippen molar-refractivity contribution in [3.8, 4) is 6.07 Å². The number of amides is 1. The molecule has 2 rings (SSSR count). The summed E-state index contributed by atoms with van der Waals surface area (Å²) >= 11 is 0. The van der Waals surface area contributed by atoms with E-state index in [2.05, 4.69) is 6.07 Å². The van der Waals surface area contributed by atoms with Crippen LogP contribution in [0.2, 0.25) is 0 Å². The largest absolute Gasteiger partial charge is 0.439 e. The van der Waals surface area contributed by atoms with Crippen molar-refractivity contribution >= 4 is 6.09 Å². The standard InChI is InChI=1S/C15H18N2O2/c1-10-13(12-7-5-6-11(8-12)9-16)19-14(18)17(10)15(2,3)4/h5-8,10,13H,1-4H3/t10-,13+/m0/s1. The molecule has 0 spiro atoms. The van der Waals surface area contributed by atoms with Gasteiger partial charge in [0, 0.05) is 5.54 Å². The fourth-order valence-electron chi connectivity index (χ4n) is 2.58. The number of hydrogen-bond donors (Lipinski definition) is 0. The number of rotatable bonds is 1. The molecule has 1 aliphatic rings. The van der Waals surface area contributed by atoms with Crippen LogP contribution in [0.1, 0.15) is 44.9 Å². The third-order valence-corrected chi connectivity index (χ3v) is 3.34. The van der Waals surface area contributed by atoms with Crippen LogP contribution in [0, 0.1) is 11.3 Å². The topological polar surface area (TPSA) is 53.3 Å². The van der Waals surface area contributed by atoms with Crippen LogP contribution in [-0.2, 0) is 4.74 Å². The maximum atomic E-state index is 12.0. The number of nitrogens with zero attached hydrogens (tertiary/aromatic N) is 2. The predicted molar refractivity (Wildman–Crippen MR) is 71.4 cm³/mol. The number of cyclic esters (lactones) is 1. The molecule has 0 N–H and O–H groups in total. The molecule has 1 fully saturated rings. The summed E-state index contributed by atoms with van der Waals surface area (Å²) in [6.45, 7) is 7.93. The van der Waals surface area contributed by atoms with Gasteiger partial charge in [-0.3, -0.25) is 4.90 Å². The summed E-state index contributed by atoms with van der Waals surface area (Å²) in [5.74, 6) is 0. The van der Waals surface area contributed by atoms with Crippen molar-refractivity contribution in [2.75, 3.05) is 0 Å². The molecule has 2 atom stereocenters. The third kappa shape index (κ3) is 2.41. The van der Waals surface area contributed by atoms with E-state index in [4.69, 9.17) is 10.00 Å². The summed E-state index contributed by atoms with van der Waals surface area (Å²) in [5, 5.41) is 8.94. The van der Waals surface area contributed by atoms with Gasteiger partial charge in [-0.2, -0.15) is 5.26 Å². The minimum Gasteiger partial charge on any atom is -0.439 e. The van der Waals surface area contributed by atoms with Crippen molar-refractivity contribution in [1.29, 1.82) is 5.26 Å². The van der Waals surface area contributed by atoms with Crippen LogP contribution in [0.3, 0.4) is 0 Å². The Bertz CT molecular complexity index is 540. The molecular weight excluding hydrogens is 240 g/mol. The zero-order valence-electron chi connectivity index (χ0n) is 11.7. The molecule has 0 aromatic heterocycles. The molecule has 100 valence electrons. The molecule has 1 heterocycles. The Labute approximate surface area is 113 Å². The normalized spacial score (nSPS) is 23.1. The lowest BCUT2D eigenvalue weighted by Crippen LogP contribution is -2.46. The predicted octanol–water partition coefficient (Wildman–Crippen LogP) is 3.24. The highest BCUT2D eigenvalue weighted by Gasteiger charge is 2.44. The number of hydrogen-bond acceptors (Lipinski definition) is 3. The molecule has 19 heavy (non-hydrogen) atoms. The van der Waals surface area contributed by atoms with Gasteiger partial charge in [-0.1, -0.05) is 12.1 Å². The van der Waals surface area contributed by atoms with Crippen molar-refractivity contribution < 1.29 is 9.53 Å². The fourth-order valence-corrected chi connectivity index (χ4v) is 2.58. The molecule has 0 unspecified atom stereocenters. The van der Waals surface area contributed by atoms with Crippen LogP contribution in [0.25, 0.3) is 0 Å². The van der Waals surface area contributed by atoms with E-state index in [0.29, 0.717) is 5.56 Å². The van der Waals surface area contributed by atoms with Crippen LogP contribution >= 0.6 is 0 Å². The Morgan fingerprint density at radius 2 is 2.05 bits per heavy atom. The highest BCUT2D eigenvalue weighted by atomic mass is 16.6. The van der Waals surface area contributed by atoms with Gasteiger partial charge in [0.1, 0.15) is 6.10 Å². The molecule has 1 amide bonds. The summed E-state index contributed by atoms with van der Waals surface area (Å²) in [4.78, 5) is 13.8. The van der Waals surface area contributed by atoms with E-state index in [9.17, 15) is 4.79 Å². The quantitative estimate of drug-likeness (QED) is 0.777. The first-order valence-electron chi connectivity index (χ1n) is 6.34. The molecule has 0 radical (unpaired) electrons. The van der Waals surface area contributed by atoms with E-state index in [-0.39, 0.29) is 23.8 Å². The smallest absolute Gasteiger partial charge is 0.411 e. The number of carbonyl (C=O) groups is 1. The minimum atomic E-state index is -0.319. The average Bonchev–Trinajstić information content (AvgIpc) is 2.64. The minimum absolute atomic E-state index is 0.0542. The average molecular weight is 258 g/mol. The number of ether oxygens (including phenoxy) is 1. The molecule has 1 aromatic carbocycles. The first kappa shape index (κ1) is 13.4. The summed E-state index contributed by atoms with van der Waals surface area (Å²) in [6.07, 6.45) is -0.618. The van der Waals surface area contributed by atoms with Crippen molar-refractivity contribution in [1.82, 2.24) is 4.90 Å². The van der Waals surface area contributed by atoms with Gasteiger partial charge in [-0.05, 0) is 45.4 Å². The summed E-state index contributed by atoms with van der Waals surface area (Å²) < 4.78 is 5.48. The van der Waals surface area contributed by atoms with E-state index in [0.717, 1.165) is 5.56 Å². The fraction of sp³-hybridized carbons (Fsp3) is 0.467. The van der Waals surface area contributed by atoms with E-state index in [1.165, 1.54) is 0 Å². The molecule has 4 nitrogen and oxygen atoms in total. The van der Waals surface area contributed by atoms with Crippen molar-refractivity contribution in [3.05, 3.63) is 35.4 Å². The Morgan fingerprint density at radius 1 is 1.37 bits per heavy atom. The molecule has 4 heteroatoms. The lowest BCUT2D eigenvalue weighted by Gasteiger charge is -2.33. The zero-order chi connectivity index (χ0) is 14.2. The van der Waals surface area contributed by atoms with Gasteiger partial charge in [0.2, 0.25) is 0 Å². The first-order chi connectivity index (χ1) is 8.84. The molecule has 0 aliphatic carbocycles.